The predicted octanol–water partition coefficient (Wildman–Crippen LogP) is 3.68. The number of ketones is 1. The van der Waals surface area contributed by atoms with E-state index in [-0.39, 0.29) is 5.78 Å². The second kappa shape index (κ2) is 7.75. The molecular weight excluding hydrogens is 338 g/mol. The van der Waals surface area contributed by atoms with Crippen LogP contribution in [0.4, 0.5) is 0 Å². The van der Waals surface area contributed by atoms with Crippen molar-refractivity contribution < 1.29 is 4.79 Å². The average molecular weight is 361 g/mol. The maximum absolute atomic E-state index is 12.7. The van der Waals surface area contributed by atoms with Gasteiger partial charge in [-0.2, -0.15) is 5.26 Å². The Balaban J connectivity index is 1.43. The molecule has 6 heteroatoms. The number of H-pyrrole nitrogens is 1. The van der Waals surface area contributed by atoms with Crippen molar-refractivity contribution in [3.05, 3.63) is 47.7 Å². The van der Waals surface area contributed by atoms with E-state index >= 15 is 0 Å². The summed E-state index contributed by atoms with van der Waals surface area (Å²) in [4.78, 5) is 16.0. The number of hydrogen-bond donors (Lipinski definition) is 1. The summed E-state index contributed by atoms with van der Waals surface area (Å²) in [6.07, 6.45) is 8.08. The molecule has 0 spiro atoms. The van der Waals surface area contributed by atoms with Crippen LogP contribution < -0.4 is 0 Å². The number of carbonyl (C=O) groups is 1. The molecule has 0 radical (unpaired) electrons. The van der Waals surface area contributed by atoms with Crippen LogP contribution in [-0.4, -0.2) is 25.5 Å². The minimum atomic E-state index is -0.813. The molecule has 6 nitrogen and oxygen atoms in total. The Bertz CT molecular complexity index is 994. The molecule has 2 aromatic heterocycles. The van der Waals surface area contributed by atoms with Gasteiger partial charge in [-0.1, -0.05) is 24.6 Å². The lowest BCUT2D eigenvalue weighted by molar-refractivity contribution is -0.119. The van der Waals surface area contributed by atoms with E-state index in [0.717, 1.165) is 56.4 Å². The number of aromatic nitrogens is 4. The van der Waals surface area contributed by atoms with Crippen molar-refractivity contribution in [3.8, 4) is 6.07 Å². The fraction of sp³-hybridized carbons (Fsp3) is 0.429. The van der Waals surface area contributed by atoms with Gasteiger partial charge in [0.1, 0.15) is 5.82 Å². The summed E-state index contributed by atoms with van der Waals surface area (Å²) in [6.45, 7) is 0.804. The number of carbonyl (C=O) groups excluding carboxylic acids is 1. The molecule has 3 aromatic rings. The lowest BCUT2D eigenvalue weighted by atomic mass is 9.98. The van der Waals surface area contributed by atoms with Crippen molar-refractivity contribution in [2.75, 3.05) is 0 Å². The molecule has 1 aromatic carbocycles. The SMILES string of the molecule is N#CC(C(=O)CCCc1c[nH]c2ccccc12)c1nnc2n1CCCCC2. The number of Topliss-reactive ketones (excluding diaryl/α,β-unsaturated/α-hetero) is 1. The molecule has 1 aliphatic rings. The van der Waals surface area contributed by atoms with E-state index in [1.54, 1.807) is 0 Å². The van der Waals surface area contributed by atoms with Gasteiger partial charge >= 0.3 is 0 Å². The standard InChI is InChI=1S/C21H23N5O/c22-13-17(21-25-24-20-11-2-1-5-12-26(20)21)19(27)10-6-7-15-14-23-18-9-4-3-8-16(15)18/h3-4,8-9,14,17,23H,1-2,5-7,10-12H2. The molecule has 1 unspecified atom stereocenters. The summed E-state index contributed by atoms with van der Waals surface area (Å²) in [7, 11) is 0. The highest BCUT2D eigenvalue weighted by Crippen LogP contribution is 2.23. The molecule has 0 amide bonds. The molecule has 1 atom stereocenters. The Labute approximate surface area is 158 Å². The van der Waals surface area contributed by atoms with Crippen LogP contribution in [0.3, 0.4) is 0 Å². The monoisotopic (exact) mass is 361 g/mol. The second-order valence-electron chi connectivity index (χ2n) is 7.18. The van der Waals surface area contributed by atoms with E-state index in [1.165, 1.54) is 10.9 Å². The molecule has 0 aliphatic carbocycles. The third-order valence-corrected chi connectivity index (χ3v) is 5.39. The molecule has 1 aliphatic heterocycles. The molecule has 0 bridgehead atoms. The van der Waals surface area contributed by atoms with Crippen molar-refractivity contribution in [1.82, 2.24) is 19.7 Å². The number of benzene rings is 1. The van der Waals surface area contributed by atoms with Crippen molar-refractivity contribution in [2.45, 2.75) is 57.4 Å². The van der Waals surface area contributed by atoms with Gasteiger partial charge in [0.25, 0.3) is 0 Å². The van der Waals surface area contributed by atoms with Gasteiger partial charge in [0.05, 0.1) is 6.07 Å². The minimum absolute atomic E-state index is 0.0585. The number of rotatable bonds is 6. The lowest BCUT2D eigenvalue weighted by Gasteiger charge is -2.11. The smallest absolute Gasteiger partial charge is 0.164 e. The molecule has 3 heterocycles. The number of hydrogen-bond acceptors (Lipinski definition) is 4. The van der Waals surface area contributed by atoms with Gasteiger partial charge in [-0.15, -0.1) is 10.2 Å². The maximum atomic E-state index is 12.7. The largest absolute Gasteiger partial charge is 0.361 e. The van der Waals surface area contributed by atoms with E-state index in [2.05, 4.69) is 27.3 Å². The first-order valence-corrected chi connectivity index (χ1v) is 9.67. The highest BCUT2D eigenvalue weighted by molar-refractivity contribution is 5.87. The van der Waals surface area contributed by atoms with Crippen LogP contribution in [0.2, 0.25) is 0 Å². The van der Waals surface area contributed by atoms with Crippen molar-refractivity contribution >= 4 is 16.7 Å². The zero-order chi connectivity index (χ0) is 18.6. The molecule has 27 heavy (non-hydrogen) atoms. The molecule has 1 N–H and O–H groups in total. The van der Waals surface area contributed by atoms with Crippen LogP contribution in [0.5, 0.6) is 0 Å². The molecule has 0 saturated heterocycles. The molecule has 4 rings (SSSR count). The lowest BCUT2D eigenvalue weighted by Crippen LogP contribution is -2.17. The Kier molecular flexibility index (Phi) is 5.01. The Morgan fingerprint density at radius 3 is 3.04 bits per heavy atom. The van der Waals surface area contributed by atoms with Crippen LogP contribution in [0.25, 0.3) is 10.9 Å². The average Bonchev–Trinajstić information content (AvgIpc) is 3.19. The van der Waals surface area contributed by atoms with E-state index in [4.69, 9.17) is 0 Å². The first-order chi connectivity index (χ1) is 13.3. The van der Waals surface area contributed by atoms with E-state index < -0.39 is 5.92 Å². The summed E-state index contributed by atoms with van der Waals surface area (Å²) in [6, 6.07) is 10.3. The van der Waals surface area contributed by atoms with Gasteiger partial charge in [-0.25, -0.2) is 0 Å². The van der Waals surface area contributed by atoms with E-state index in [1.807, 2.05) is 29.0 Å². The van der Waals surface area contributed by atoms with E-state index in [0.29, 0.717) is 12.2 Å². The molecular formula is C21H23N5O. The van der Waals surface area contributed by atoms with Gasteiger partial charge in [0, 0.05) is 36.5 Å². The van der Waals surface area contributed by atoms with Crippen LogP contribution in [0, 0.1) is 11.3 Å². The third kappa shape index (κ3) is 3.50. The normalized spacial score (nSPS) is 15.1. The number of nitrogens with one attached hydrogen (secondary N) is 1. The summed E-state index contributed by atoms with van der Waals surface area (Å²) >= 11 is 0. The number of aryl methyl sites for hydroxylation is 2. The van der Waals surface area contributed by atoms with Gasteiger partial charge < -0.3 is 9.55 Å². The number of fused-ring (bicyclic) bond motifs is 2. The zero-order valence-corrected chi connectivity index (χ0v) is 15.3. The summed E-state index contributed by atoms with van der Waals surface area (Å²) in [5.74, 6) is 0.574. The van der Waals surface area contributed by atoms with Crippen molar-refractivity contribution in [3.63, 3.8) is 0 Å². The molecule has 0 fully saturated rings. The summed E-state index contributed by atoms with van der Waals surface area (Å²) < 4.78 is 2.00. The molecule has 0 saturated carbocycles. The zero-order valence-electron chi connectivity index (χ0n) is 15.3. The van der Waals surface area contributed by atoms with Crippen LogP contribution in [-0.2, 0) is 24.2 Å². The van der Waals surface area contributed by atoms with Crippen LogP contribution in [0.15, 0.2) is 30.5 Å². The van der Waals surface area contributed by atoms with Crippen LogP contribution >= 0.6 is 0 Å². The molecule has 138 valence electrons. The summed E-state index contributed by atoms with van der Waals surface area (Å²) in [5, 5.41) is 19.2. The Hall–Kier alpha value is -2.94. The van der Waals surface area contributed by atoms with E-state index in [9.17, 15) is 10.1 Å². The number of nitriles is 1. The first kappa shape index (κ1) is 17.5. The van der Waals surface area contributed by atoms with Crippen molar-refractivity contribution in [2.24, 2.45) is 0 Å². The van der Waals surface area contributed by atoms with Crippen molar-refractivity contribution in [1.29, 1.82) is 5.26 Å². The predicted molar refractivity (Wildman–Crippen MR) is 102 cm³/mol. The third-order valence-electron chi connectivity index (χ3n) is 5.39. The quantitative estimate of drug-likeness (QED) is 0.725. The topological polar surface area (TPSA) is 87.4 Å². The highest BCUT2D eigenvalue weighted by atomic mass is 16.1. The first-order valence-electron chi connectivity index (χ1n) is 9.67. The fourth-order valence-corrected chi connectivity index (χ4v) is 3.93. The highest BCUT2D eigenvalue weighted by Gasteiger charge is 2.27. The van der Waals surface area contributed by atoms with Crippen LogP contribution in [0.1, 0.15) is 55.2 Å². The number of nitrogens with zero attached hydrogens (tertiary/aromatic N) is 4. The summed E-state index contributed by atoms with van der Waals surface area (Å²) in [5.41, 5.74) is 2.32. The number of aromatic amines is 1. The number of para-hydroxylation sites is 1. The van der Waals surface area contributed by atoms with Gasteiger partial charge in [-0.3, -0.25) is 4.79 Å². The van der Waals surface area contributed by atoms with Gasteiger partial charge in [0.2, 0.25) is 0 Å². The Morgan fingerprint density at radius 2 is 2.15 bits per heavy atom. The Morgan fingerprint density at radius 1 is 1.26 bits per heavy atom. The second-order valence-corrected chi connectivity index (χ2v) is 7.18. The van der Waals surface area contributed by atoms with Gasteiger partial charge in [0.15, 0.2) is 17.5 Å². The maximum Gasteiger partial charge on any atom is 0.164 e. The minimum Gasteiger partial charge on any atom is -0.361 e. The van der Waals surface area contributed by atoms with Gasteiger partial charge in [-0.05, 0) is 37.3 Å². The fourth-order valence-electron chi connectivity index (χ4n) is 3.93.